The summed E-state index contributed by atoms with van der Waals surface area (Å²) in [5.74, 6) is 0.956. The first-order chi connectivity index (χ1) is 23.4. The lowest BCUT2D eigenvalue weighted by Gasteiger charge is -2.26. The second kappa shape index (κ2) is 36.5. The van der Waals surface area contributed by atoms with Gasteiger partial charge in [0, 0.05) is 60.5 Å². The van der Waals surface area contributed by atoms with Gasteiger partial charge in [-0.05, 0) is 115 Å². The van der Waals surface area contributed by atoms with Crippen molar-refractivity contribution in [2.75, 3.05) is 61.6 Å². The van der Waals surface area contributed by atoms with Crippen molar-refractivity contribution in [2.24, 2.45) is 0 Å². The van der Waals surface area contributed by atoms with Crippen molar-refractivity contribution in [1.29, 1.82) is 0 Å². The fraction of sp³-hybridized carbons (Fsp3) is 1.00. The Labute approximate surface area is 376 Å². The summed E-state index contributed by atoms with van der Waals surface area (Å²) in [6.45, 7) is 13.8. The standard InChI is InChI=1S/C9H22O2S3Si.C7H18O2S3Si.C7H18O2S2Si.C7H18O2SSi.CH4/c1-4-10-15(3,11-5-2)8-6-7-9(12,13)14;1-8-13(3,9-2)6-4-5-7(10,11)12;1-8-12(3,9-2)6-4-5-7(10)11;1-8-11(3,9-2)7-5-4-6-10;/h12-14H,4-8H2,1-3H3;10-12H,4-6H2,1-3H3;7,10-11H,4-6H2,1-3H3;10H,4-7H2,1-3H3;1H4. The van der Waals surface area contributed by atoms with Gasteiger partial charge in [-0.15, -0.1) is 0 Å². The van der Waals surface area contributed by atoms with Gasteiger partial charge in [0.1, 0.15) is 0 Å². The third-order valence-electron chi connectivity index (χ3n) is 7.91. The van der Waals surface area contributed by atoms with Crippen LogP contribution in [0.1, 0.15) is 72.6 Å². The fourth-order valence-electron chi connectivity index (χ4n) is 4.12. The van der Waals surface area contributed by atoms with Crippen LogP contribution in [0.15, 0.2) is 0 Å². The first kappa shape index (κ1) is 64.8. The summed E-state index contributed by atoms with van der Waals surface area (Å²) in [4.78, 5) is 0. The van der Waals surface area contributed by atoms with Gasteiger partial charge >= 0.3 is 34.2 Å². The highest BCUT2D eigenvalue weighted by molar-refractivity contribution is 8.17. The van der Waals surface area contributed by atoms with Gasteiger partial charge in [0.2, 0.25) is 0 Å². The molecule has 0 aromatic rings. The molecule has 0 rings (SSSR count). The fourth-order valence-corrected chi connectivity index (χ4v) is 12.3. The van der Waals surface area contributed by atoms with Crippen LogP contribution in [0, 0.1) is 0 Å². The number of thiol groups is 9. The van der Waals surface area contributed by atoms with E-state index in [4.69, 9.17) is 35.4 Å². The average Bonchev–Trinajstić information content (AvgIpc) is 3.04. The van der Waals surface area contributed by atoms with E-state index in [-0.39, 0.29) is 12.0 Å². The van der Waals surface area contributed by atoms with E-state index in [0.29, 0.717) is 0 Å². The van der Waals surface area contributed by atoms with Gasteiger partial charge in [0.05, 0.1) is 6.82 Å². The maximum absolute atomic E-state index is 5.73. The molecular weight excluding hydrogens is 901 g/mol. The molecule has 0 N–H and O–H groups in total. The third kappa shape index (κ3) is 43.3. The van der Waals surface area contributed by atoms with E-state index in [1.54, 1.807) is 42.7 Å². The maximum Gasteiger partial charge on any atom is 0.334 e. The smallest absolute Gasteiger partial charge is 0.334 e. The molecule has 21 heteroatoms. The second-order valence-electron chi connectivity index (χ2n) is 12.4. The molecule has 8 nitrogen and oxygen atoms in total. The molecule has 0 aromatic heterocycles. The molecule has 0 amide bonds. The second-order valence-corrected chi connectivity index (χ2v) is 35.3. The quantitative estimate of drug-likeness (QED) is 0.0184. The van der Waals surface area contributed by atoms with Crippen LogP contribution in [0.25, 0.3) is 0 Å². The van der Waals surface area contributed by atoms with Gasteiger partial charge in [-0.3, -0.25) is 0 Å². The summed E-state index contributed by atoms with van der Waals surface area (Å²) < 4.78 is 42.7. The first-order valence-electron chi connectivity index (χ1n) is 17.3. The predicted octanol–water partition coefficient (Wildman–Crippen LogP) is 10.9. The van der Waals surface area contributed by atoms with Crippen LogP contribution in [0.5, 0.6) is 0 Å². The highest BCUT2D eigenvalue weighted by Crippen LogP contribution is 2.33. The Morgan fingerprint density at radius 3 is 1.02 bits per heavy atom. The summed E-state index contributed by atoms with van der Waals surface area (Å²) in [5, 5.41) is 0. The van der Waals surface area contributed by atoms with E-state index in [0.717, 1.165) is 94.5 Å². The highest BCUT2D eigenvalue weighted by atomic mass is 32.2. The van der Waals surface area contributed by atoms with Crippen molar-refractivity contribution in [3.63, 3.8) is 0 Å². The van der Waals surface area contributed by atoms with Crippen molar-refractivity contribution in [3.8, 4) is 0 Å². The minimum absolute atomic E-state index is 0. The Kier molecular flexibility index (Phi) is 45.6. The molecule has 0 atom stereocenters. The van der Waals surface area contributed by atoms with Crippen molar-refractivity contribution in [3.05, 3.63) is 0 Å². The van der Waals surface area contributed by atoms with Gasteiger partial charge in [-0.25, -0.2) is 0 Å². The lowest BCUT2D eigenvalue weighted by molar-refractivity contribution is 0.188. The summed E-state index contributed by atoms with van der Waals surface area (Å²) >= 11 is 37.9. The zero-order valence-corrected chi connectivity index (χ0v) is 45.5. The molecule has 0 unspecified atom stereocenters. The topological polar surface area (TPSA) is 73.8 Å². The van der Waals surface area contributed by atoms with Gasteiger partial charge in [-0.2, -0.15) is 114 Å². The maximum atomic E-state index is 5.73. The molecule has 0 aliphatic rings. The molecule has 0 saturated heterocycles. The zero-order chi connectivity index (χ0) is 40.8. The Balaban J connectivity index is -0.000000189. The normalized spacial score (nSPS) is 12.6. The lowest BCUT2D eigenvalue weighted by Crippen LogP contribution is -2.38. The molecule has 0 spiro atoms. The third-order valence-corrected chi connectivity index (χ3v) is 22.1. The van der Waals surface area contributed by atoms with Crippen LogP contribution >= 0.6 is 114 Å². The van der Waals surface area contributed by atoms with E-state index < -0.39 is 41.1 Å². The van der Waals surface area contributed by atoms with Crippen molar-refractivity contribution in [2.45, 2.75) is 134 Å². The summed E-state index contributed by atoms with van der Waals surface area (Å²) in [6, 6.07) is 4.00. The van der Waals surface area contributed by atoms with Crippen LogP contribution < -0.4 is 0 Å². The Morgan fingerprint density at radius 1 is 0.481 bits per heavy atom. The molecule has 0 radical (unpaired) electrons. The Morgan fingerprint density at radius 2 is 0.769 bits per heavy atom. The monoisotopic (exact) mass is 980 g/mol. The molecular formula is C31H80O8S9Si4. The van der Waals surface area contributed by atoms with Crippen LogP contribution in [0.4, 0.5) is 0 Å². The summed E-state index contributed by atoms with van der Waals surface area (Å²) in [7, 11) is 2.85. The lowest BCUT2D eigenvalue weighted by atomic mass is 10.4. The molecule has 0 aromatic carbocycles. The first-order valence-corrected chi connectivity index (χ1v) is 31.7. The molecule has 0 fully saturated rings. The molecule has 0 bridgehead atoms. The van der Waals surface area contributed by atoms with E-state index in [9.17, 15) is 0 Å². The summed E-state index contributed by atoms with van der Waals surface area (Å²) in [5.41, 5.74) is 0. The molecule has 0 saturated carbocycles. The minimum atomic E-state index is -1.95. The van der Waals surface area contributed by atoms with E-state index in [1.165, 1.54) is 0 Å². The van der Waals surface area contributed by atoms with Crippen molar-refractivity contribution in [1.82, 2.24) is 0 Å². The largest absolute Gasteiger partial charge is 0.398 e. The van der Waals surface area contributed by atoms with E-state index >= 15 is 0 Å². The average molecular weight is 982 g/mol. The van der Waals surface area contributed by atoms with E-state index in [1.807, 2.05) is 20.4 Å². The summed E-state index contributed by atoms with van der Waals surface area (Å²) in [6.07, 6.45) is 8.01. The van der Waals surface area contributed by atoms with Gasteiger partial charge in [0.15, 0.2) is 0 Å². The van der Waals surface area contributed by atoms with Gasteiger partial charge < -0.3 is 35.4 Å². The van der Waals surface area contributed by atoms with Crippen LogP contribution in [0.2, 0.25) is 50.4 Å². The van der Waals surface area contributed by atoms with Crippen molar-refractivity contribution < 1.29 is 35.4 Å². The van der Waals surface area contributed by atoms with Gasteiger partial charge in [-0.1, -0.05) is 13.8 Å². The highest BCUT2D eigenvalue weighted by Gasteiger charge is 2.32. The number of unbranched alkanes of at least 4 members (excludes halogenated alkanes) is 1. The van der Waals surface area contributed by atoms with Gasteiger partial charge in [0.25, 0.3) is 0 Å². The predicted molar refractivity (Wildman–Crippen MR) is 270 cm³/mol. The molecule has 0 heterocycles. The Hall–Kier alpha value is 3.70. The zero-order valence-electron chi connectivity index (χ0n) is 33.5. The van der Waals surface area contributed by atoms with Crippen LogP contribution in [0.3, 0.4) is 0 Å². The number of hydrogen-bond donors (Lipinski definition) is 9. The SMILES string of the molecule is C.CCO[Si](C)(CCCC(S)(S)S)OCC.CO[Si](C)(CCCC(S)(S)S)OC.CO[Si](C)(CCCC(S)S)OC.CO[Si](C)(CCCCS)OC. The molecule has 322 valence electrons. The number of hydrogen-bond acceptors (Lipinski definition) is 17. The molecule has 0 aliphatic carbocycles. The molecule has 0 aliphatic heterocycles. The van der Waals surface area contributed by atoms with Crippen LogP contribution in [-0.4, -0.2) is 107 Å². The number of rotatable bonds is 26. The Bertz CT molecular complexity index is 774. The van der Waals surface area contributed by atoms with E-state index in [2.05, 4.69) is 133 Å². The molecule has 52 heavy (non-hydrogen) atoms. The van der Waals surface area contributed by atoms with Crippen LogP contribution in [-0.2, 0) is 35.4 Å². The minimum Gasteiger partial charge on any atom is -0.398 e. The van der Waals surface area contributed by atoms with Crippen molar-refractivity contribution >= 4 is 148 Å².